The summed E-state index contributed by atoms with van der Waals surface area (Å²) >= 11 is 0. The Kier molecular flexibility index (Phi) is 3.11. The maximum Gasteiger partial charge on any atom is 0.140 e. The normalized spacial score (nSPS) is 11.5. The zero-order valence-corrected chi connectivity index (χ0v) is 9.29. The monoisotopic (exact) mass is 194 g/mol. The molecule has 3 heteroatoms. The second-order valence-electron chi connectivity index (χ2n) is 4.27. The Morgan fingerprint density at radius 1 is 1.43 bits per heavy atom. The van der Waals surface area contributed by atoms with Crippen LogP contribution in [0.15, 0.2) is 12.1 Å². The number of ether oxygens (including phenoxy) is 1. The van der Waals surface area contributed by atoms with Crippen molar-refractivity contribution in [1.82, 2.24) is 4.98 Å². The number of aryl methyl sites for hydroxylation is 1. The molecule has 0 unspecified atom stereocenters. The molecule has 1 aromatic rings. The number of hydrogen-bond acceptors (Lipinski definition) is 3. The summed E-state index contributed by atoms with van der Waals surface area (Å²) in [5.74, 6) is 0.814. The molecule has 0 atom stereocenters. The number of rotatable bonds is 3. The molecule has 1 heterocycles. The van der Waals surface area contributed by atoms with Gasteiger partial charge < -0.3 is 10.5 Å². The van der Waals surface area contributed by atoms with Crippen LogP contribution < -0.4 is 10.5 Å². The molecular weight excluding hydrogens is 176 g/mol. The summed E-state index contributed by atoms with van der Waals surface area (Å²) < 4.78 is 5.23. The number of aromatic nitrogens is 1. The van der Waals surface area contributed by atoms with Gasteiger partial charge in [-0.25, -0.2) is 0 Å². The van der Waals surface area contributed by atoms with Crippen molar-refractivity contribution in [2.45, 2.75) is 32.7 Å². The van der Waals surface area contributed by atoms with Crippen LogP contribution in [-0.2, 0) is 6.42 Å². The first-order chi connectivity index (χ1) is 6.42. The summed E-state index contributed by atoms with van der Waals surface area (Å²) in [5.41, 5.74) is 7.61. The van der Waals surface area contributed by atoms with Crippen molar-refractivity contribution in [2.24, 2.45) is 5.73 Å². The maximum atomic E-state index is 5.95. The van der Waals surface area contributed by atoms with E-state index in [0.29, 0.717) is 0 Å². The van der Waals surface area contributed by atoms with Crippen LogP contribution in [0.4, 0.5) is 0 Å². The quantitative estimate of drug-likeness (QED) is 0.796. The molecule has 0 saturated heterocycles. The average molecular weight is 194 g/mol. The molecule has 3 nitrogen and oxygen atoms in total. The zero-order chi connectivity index (χ0) is 10.8. The van der Waals surface area contributed by atoms with Crippen LogP contribution in [0.5, 0.6) is 5.75 Å². The third kappa shape index (κ3) is 3.00. The fourth-order valence-electron chi connectivity index (χ4n) is 1.34. The fourth-order valence-corrected chi connectivity index (χ4v) is 1.34. The molecule has 14 heavy (non-hydrogen) atoms. The van der Waals surface area contributed by atoms with Crippen molar-refractivity contribution in [3.63, 3.8) is 0 Å². The van der Waals surface area contributed by atoms with Crippen LogP contribution in [0.3, 0.4) is 0 Å². The van der Waals surface area contributed by atoms with Gasteiger partial charge in [0.15, 0.2) is 0 Å². The van der Waals surface area contributed by atoms with Crippen molar-refractivity contribution < 1.29 is 4.74 Å². The zero-order valence-electron chi connectivity index (χ0n) is 9.29. The van der Waals surface area contributed by atoms with Gasteiger partial charge >= 0.3 is 0 Å². The fraction of sp³-hybridized carbons (Fsp3) is 0.545. The minimum Gasteiger partial charge on any atom is -0.495 e. The third-order valence-electron chi connectivity index (χ3n) is 1.91. The molecule has 1 rings (SSSR count). The van der Waals surface area contributed by atoms with E-state index in [4.69, 9.17) is 10.5 Å². The topological polar surface area (TPSA) is 48.1 Å². The average Bonchev–Trinajstić information content (AvgIpc) is 2.01. The predicted octanol–water partition coefficient (Wildman–Crippen LogP) is 1.68. The molecule has 78 valence electrons. The summed E-state index contributed by atoms with van der Waals surface area (Å²) in [7, 11) is 1.65. The van der Waals surface area contributed by atoms with E-state index in [1.54, 1.807) is 7.11 Å². The lowest BCUT2D eigenvalue weighted by Gasteiger charge is -2.19. The van der Waals surface area contributed by atoms with E-state index in [9.17, 15) is 0 Å². The van der Waals surface area contributed by atoms with Gasteiger partial charge in [-0.15, -0.1) is 0 Å². The van der Waals surface area contributed by atoms with Gasteiger partial charge in [-0.2, -0.15) is 0 Å². The van der Waals surface area contributed by atoms with E-state index < -0.39 is 0 Å². The van der Waals surface area contributed by atoms with E-state index in [2.05, 4.69) is 4.98 Å². The van der Waals surface area contributed by atoms with Gasteiger partial charge in [0.25, 0.3) is 0 Å². The van der Waals surface area contributed by atoms with Gasteiger partial charge in [0.2, 0.25) is 0 Å². The lowest BCUT2D eigenvalue weighted by atomic mass is 9.99. The molecular formula is C11H18N2O. The highest BCUT2D eigenvalue weighted by Crippen LogP contribution is 2.20. The predicted molar refractivity (Wildman–Crippen MR) is 57.5 cm³/mol. The van der Waals surface area contributed by atoms with Crippen molar-refractivity contribution in [3.8, 4) is 5.75 Å². The Bertz CT molecular complexity index is 316. The van der Waals surface area contributed by atoms with Gasteiger partial charge in [0.05, 0.1) is 12.8 Å². The lowest BCUT2D eigenvalue weighted by molar-refractivity contribution is 0.397. The molecule has 0 radical (unpaired) electrons. The third-order valence-corrected chi connectivity index (χ3v) is 1.91. The van der Waals surface area contributed by atoms with Crippen LogP contribution in [0.2, 0.25) is 0 Å². The van der Waals surface area contributed by atoms with Gasteiger partial charge in [0.1, 0.15) is 5.75 Å². The Morgan fingerprint density at radius 2 is 2.07 bits per heavy atom. The first-order valence-corrected chi connectivity index (χ1v) is 4.72. The van der Waals surface area contributed by atoms with Gasteiger partial charge in [-0.05, 0) is 32.9 Å². The number of nitrogens with two attached hydrogens (primary N) is 1. The molecule has 0 spiro atoms. The van der Waals surface area contributed by atoms with Crippen molar-refractivity contribution in [1.29, 1.82) is 0 Å². The molecule has 0 aromatic carbocycles. The Labute approximate surface area is 85.3 Å². The minimum atomic E-state index is -0.256. The number of methoxy groups -OCH3 is 1. The summed E-state index contributed by atoms with van der Waals surface area (Å²) in [6.07, 6.45) is 0.720. The Hall–Kier alpha value is -1.09. The van der Waals surface area contributed by atoms with E-state index in [1.165, 1.54) is 0 Å². The highest BCUT2D eigenvalue weighted by Gasteiger charge is 2.16. The van der Waals surface area contributed by atoms with Crippen LogP contribution in [-0.4, -0.2) is 17.6 Å². The summed E-state index contributed by atoms with van der Waals surface area (Å²) in [6.45, 7) is 5.93. The summed E-state index contributed by atoms with van der Waals surface area (Å²) in [5, 5.41) is 0. The number of pyridine rings is 1. The van der Waals surface area contributed by atoms with E-state index in [1.807, 2.05) is 32.9 Å². The van der Waals surface area contributed by atoms with Gasteiger partial charge in [-0.3, -0.25) is 4.98 Å². The molecule has 2 N–H and O–H groups in total. The first-order valence-electron chi connectivity index (χ1n) is 4.72. The molecule has 0 fully saturated rings. The smallest absolute Gasteiger partial charge is 0.140 e. The summed E-state index contributed by atoms with van der Waals surface area (Å²) in [4.78, 5) is 4.42. The standard InChI is InChI=1S/C11H18N2O/c1-8-5-6-10(14-4)9(13-8)7-11(2,3)12/h5-6H,7,12H2,1-4H3. The van der Waals surface area contributed by atoms with E-state index in [0.717, 1.165) is 23.6 Å². The lowest BCUT2D eigenvalue weighted by Crippen LogP contribution is -2.35. The molecule has 0 amide bonds. The Morgan fingerprint density at radius 3 is 2.57 bits per heavy atom. The first kappa shape index (κ1) is 11.0. The molecule has 0 bridgehead atoms. The van der Waals surface area contributed by atoms with Gasteiger partial charge in [-0.1, -0.05) is 0 Å². The highest BCUT2D eigenvalue weighted by atomic mass is 16.5. The van der Waals surface area contributed by atoms with Crippen molar-refractivity contribution in [2.75, 3.05) is 7.11 Å². The van der Waals surface area contributed by atoms with Crippen molar-refractivity contribution in [3.05, 3.63) is 23.5 Å². The second kappa shape index (κ2) is 3.96. The maximum absolute atomic E-state index is 5.95. The molecule has 0 aliphatic carbocycles. The number of nitrogens with zero attached hydrogens (tertiary/aromatic N) is 1. The van der Waals surface area contributed by atoms with Crippen LogP contribution in [0.25, 0.3) is 0 Å². The van der Waals surface area contributed by atoms with Crippen LogP contribution in [0, 0.1) is 6.92 Å². The van der Waals surface area contributed by atoms with Crippen LogP contribution >= 0.6 is 0 Å². The summed E-state index contributed by atoms with van der Waals surface area (Å²) in [6, 6.07) is 3.87. The molecule has 0 aliphatic rings. The minimum absolute atomic E-state index is 0.256. The highest BCUT2D eigenvalue weighted by molar-refractivity contribution is 5.30. The second-order valence-corrected chi connectivity index (χ2v) is 4.27. The van der Waals surface area contributed by atoms with Crippen LogP contribution in [0.1, 0.15) is 25.2 Å². The molecule has 0 saturated carbocycles. The Balaban J connectivity index is 2.99. The largest absolute Gasteiger partial charge is 0.495 e. The SMILES string of the molecule is COc1ccc(C)nc1CC(C)(C)N. The molecule has 0 aliphatic heterocycles. The molecule has 1 aromatic heterocycles. The van der Waals surface area contributed by atoms with E-state index in [-0.39, 0.29) is 5.54 Å². The van der Waals surface area contributed by atoms with E-state index >= 15 is 0 Å². The van der Waals surface area contributed by atoms with Crippen molar-refractivity contribution >= 4 is 0 Å². The van der Waals surface area contributed by atoms with Gasteiger partial charge in [0, 0.05) is 17.7 Å². The number of hydrogen-bond donors (Lipinski definition) is 1.